The standard InChI is InChI=1S/C25H29NO2/c1-19(26)17-25(18-20-7-5-4-6-8-20,21-9-13-23(27-2)14-10-21)22-11-15-24(28-3)16-12-22/h4-16,19H,17-18,26H2,1-3H3. The molecule has 0 aliphatic carbocycles. The van der Waals surface area contributed by atoms with E-state index in [1.807, 2.05) is 24.3 Å². The molecule has 3 rings (SSSR count). The van der Waals surface area contributed by atoms with Crippen molar-refractivity contribution in [2.45, 2.75) is 31.2 Å². The zero-order valence-corrected chi connectivity index (χ0v) is 16.9. The summed E-state index contributed by atoms with van der Waals surface area (Å²) in [6, 6.07) is 27.4. The van der Waals surface area contributed by atoms with E-state index >= 15 is 0 Å². The molecular weight excluding hydrogens is 346 g/mol. The molecule has 0 aliphatic heterocycles. The van der Waals surface area contributed by atoms with E-state index in [1.165, 1.54) is 16.7 Å². The Kier molecular flexibility index (Phi) is 6.37. The Hall–Kier alpha value is -2.78. The molecule has 3 aromatic carbocycles. The number of rotatable bonds is 8. The molecule has 1 unspecified atom stereocenters. The van der Waals surface area contributed by atoms with Crippen molar-refractivity contribution < 1.29 is 9.47 Å². The van der Waals surface area contributed by atoms with E-state index in [2.05, 4.69) is 61.5 Å². The van der Waals surface area contributed by atoms with E-state index in [9.17, 15) is 0 Å². The predicted octanol–water partition coefficient (Wildman–Crippen LogP) is 4.97. The van der Waals surface area contributed by atoms with Crippen LogP contribution in [0.3, 0.4) is 0 Å². The first-order valence-electron chi connectivity index (χ1n) is 9.66. The summed E-state index contributed by atoms with van der Waals surface area (Å²) in [6.07, 6.45) is 1.70. The number of ether oxygens (including phenoxy) is 2. The van der Waals surface area contributed by atoms with Crippen LogP contribution >= 0.6 is 0 Å². The highest BCUT2D eigenvalue weighted by Crippen LogP contribution is 2.41. The van der Waals surface area contributed by atoms with Crippen molar-refractivity contribution >= 4 is 0 Å². The average Bonchev–Trinajstić information content (AvgIpc) is 2.74. The lowest BCUT2D eigenvalue weighted by Gasteiger charge is -2.37. The summed E-state index contributed by atoms with van der Waals surface area (Å²) in [5, 5.41) is 0. The summed E-state index contributed by atoms with van der Waals surface area (Å²) in [6.45, 7) is 2.08. The number of benzene rings is 3. The smallest absolute Gasteiger partial charge is 0.118 e. The molecule has 28 heavy (non-hydrogen) atoms. The Labute approximate surface area is 168 Å². The van der Waals surface area contributed by atoms with Gasteiger partial charge in [0.05, 0.1) is 14.2 Å². The number of methoxy groups -OCH3 is 2. The second-order valence-electron chi connectivity index (χ2n) is 7.38. The van der Waals surface area contributed by atoms with Gasteiger partial charge in [-0.3, -0.25) is 0 Å². The van der Waals surface area contributed by atoms with Crippen LogP contribution in [0.5, 0.6) is 11.5 Å². The van der Waals surface area contributed by atoms with E-state index in [-0.39, 0.29) is 11.5 Å². The van der Waals surface area contributed by atoms with E-state index in [0.29, 0.717) is 0 Å². The summed E-state index contributed by atoms with van der Waals surface area (Å²) >= 11 is 0. The lowest BCUT2D eigenvalue weighted by Crippen LogP contribution is -2.37. The van der Waals surface area contributed by atoms with Crippen LogP contribution in [-0.2, 0) is 11.8 Å². The van der Waals surface area contributed by atoms with Gasteiger partial charge in [-0.15, -0.1) is 0 Å². The molecular formula is C25H29NO2. The molecule has 0 heterocycles. The van der Waals surface area contributed by atoms with E-state index in [4.69, 9.17) is 15.2 Å². The minimum atomic E-state index is -0.242. The van der Waals surface area contributed by atoms with Crippen molar-refractivity contribution in [1.82, 2.24) is 0 Å². The molecule has 0 aliphatic rings. The molecule has 0 saturated carbocycles. The van der Waals surface area contributed by atoms with Crippen molar-refractivity contribution in [2.75, 3.05) is 14.2 Å². The minimum Gasteiger partial charge on any atom is -0.497 e. The van der Waals surface area contributed by atoms with E-state index < -0.39 is 0 Å². The maximum atomic E-state index is 6.37. The molecule has 0 spiro atoms. The fourth-order valence-electron chi connectivity index (χ4n) is 3.99. The van der Waals surface area contributed by atoms with Gasteiger partial charge in [-0.25, -0.2) is 0 Å². The van der Waals surface area contributed by atoms with Gasteiger partial charge in [0.25, 0.3) is 0 Å². The maximum absolute atomic E-state index is 6.37. The molecule has 3 heteroatoms. The maximum Gasteiger partial charge on any atom is 0.118 e. The van der Waals surface area contributed by atoms with Gasteiger partial charge in [-0.2, -0.15) is 0 Å². The molecule has 0 aromatic heterocycles. The summed E-state index contributed by atoms with van der Waals surface area (Å²) in [4.78, 5) is 0. The third-order valence-electron chi connectivity index (χ3n) is 5.30. The number of hydrogen-bond acceptors (Lipinski definition) is 3. The summed E-state index contributed by atoms with van der Waals surface area (Å²) in [7, 11) is 3.38. The van der Waals surface area contributed by atoms with Crippen LogP contribution in [0, 0.1) is 0 Å². The second kappa shape index (κ2) is 8.94. The van der Waals surface area contributed by atoms with Gasteiger partial charge in [0, 0.05) is 11.5 Å². The fourth-order valence-corrected chi connectivity index (χ4v) is 3.99. The van der Waals surface area contributed by atoms with Gasteiger partial charge >= 0.3 is 0 Å². The third-order valence-corrected chi connectivity index (χ3v) is 5.30. The number of hydrogen-bond donors (Lipinski definition) is 1. The van der Waals surface area contributed by atoms with Crippen LogP contribution < -0.4 is 15.2 Å². The van der Waals surface area contributed by atoms with Crippen molar-refractivity contribution in [3.8, 4) is 11.5 Å². The Balaban J connectivity index is 2.16. The lowest BCUT2D eigenvalue weighted by molar-refractivity contribution is 0.408. The van der Waals surface area contributed by atoms with Gasteiger partial charge in [-0.05, 0) is 60.7 Å². The van der Waals surface area contributed by atoms with Crippen LogP contribution in [-0.4, -0.2) is 20.3 Å². The number of nitrogens with two attached hydrogens (primary N) is 1. The minimum absolute atomic E-state index is 0.0490. The van der Waals surface area contributed by atoms with Gasteiger partial charge in [0.2, 0.25) is 0 Å². The molecule has 0 fully saturated rings. The third kappa shape index (κ3) is 4.37. The molecule has 3 aromatic rings. The molecule has 0 saturated heterocycles. The van der Waals surface area contributed by atoms with Crippen LogP contribution in [0.4, 0.5) is 0 Å². The second-order valence-corrected chi connectivity index (χ2v) is 7.38. The Bertz CT molecular complexity index is 808. The Morgan fingerprint density at radius 2 is 1.21 bits per heavy atom. The van der Waals surface area contributed by atoms with Gasteiger partial charge in [0.15, 0.2) is 0 Å². The van der Waals surface area contributed by atoms with Crippen molar-refractivity contribution in [2.24, 2.45) is 5.73 Å². The Morgan fingerprint density at radius 3 is 1.61 bits per heavy atom. The highest BCUT2D eigenvalue weighted by atomic mass is 16.5. The average molecular weight is 376 g/mol. The first kappa shape index (κ1) is 20.0. The van der Waals surface area contributed by atoms with Crippen LogP contribution in [0.15, 0.2) is 78.9 Å². The van der Waals surface area contributed by atoms with Crippen molar-refractivity contribution in [3.63, 3.8) is 0 Å². The summed E-state index contributed by atoms with van der Waals surface area (Å²) in [5.41, 5.74) is 9.89. The molecule has 0 bridgehead atoms. The van der Waals surface area contributed by atoms with Crippen LogP contribution in [0.1, 0.15) is 30.0 Å². The van der Waals surface area contributed by atoms with Crippen LogP contribution in [0.25, 0.3) is 0 Å². The Morgan fingerprint density at radius 1 is 0.750 bits per heavy atom. The van der Waals surface area contributed by atoms with Gasteiger partial charge in [0.1, 0.15) is 11.5 Å². The molecule has 3 nitrogen and oxygen atoms in total. The van der Waals surface area contributed by atoms with E-state index in [1.54, 1.807) is 14.2 Å². The van der Waals surface area contributed by atoms with Crippen molar-refractivity contribution in [3.05, 3.63) is 95.6 Å². The molecule has 1 atom stereocenters. The summed E-state index contributed by atoms with van der Waals surface area (Å²) < 4.78 is 10.8. The molecule has 2 N–H and O–H groups in total. The lowest BCUT2D eigenvalue weighted by atomic mass is 9.67. The SMILES string of the molecule is COc1ccc(C(Cc2ccccc2)(CC(C)N)c2ccc(OC)cc2)cc1. The van der Waals surface area contributed by atoms with Crippen molar-refractivity contribution in [1.29, 1.82) is 0 Å². The first-order chi connectivity index (χ1) is 13.6. The zero-order chi connectivity index (χ0) is 20.0. The molecule has 0 amide bonds. The topological polar surface area (TPSA) is 44.5 Å². The monoisotopic (exact) mass is 375 g/mol. The predicted molar refractivity (Wildman–Crippen MR) is 115 cm³/mol. The van der Waals surface area contributed by atoms with Gasteiger partial charge in [-0.1, -0.05) is 54.6 Å². The largest absolute Gasteiger partial charge is 0.497 e. The highest BCUT2D eigenvalue weighted by Gasteiger charge is 2.35. The van der Waals surface area contributed by atoms with E-state index in [0.717, 1.165) is 24.3 Å². The van der Waals surface area contributed by atoms with Crippen LogP contribution in [0.2, 0.25) is 0 Å². The molecule has 146 valence electrons. The van der Waals surface area contributed by atoms with Gasteiger partial charge < -0.3 is 15.2 Å². The normalized spacial score (nSPS) is 12.4. The zero-order valence-electron chi connectivity index (χ0n) is 16.9. The fraction of sp³-hybridized carbons (Fsp3) is 0.280. The molecule has 0 radical (unpaired) electrons. The quantitative estimate of drug-likeness (QED) is 0.604. The first-order valence-corrected chi connectivity index (χ1v) is 9.66. The summed E-state index contributed by atoms with van der Waals surface area (Å²) in [5.74, 6) is 1.71. The highest BCUT2D eigenvalue weighted by molar-refractivity contribution is 5.45.